The van der Waals surface area contributed by atoms with Gasteiger partial charge in [-0.15, -0.1) is 0 Å². The number of carboxylic acid groups (broad SMARTS) is 1. The molecule has 0 rings (SSSR count). The van der Waals surface area contributed by atoms with Crippen molar-refractivity contribution in [1.82, 2.24) is 16.0 Å². The summed E-state index contributed by atoms with van der Waals surface area (Å²) in [6.45, 7) is 2.96. The maximum atomic E-state index is 12.6. The lowest BCUT2D eigenvalue weighted by Gasteiger charge is -2.26. The van der Waals surface area contributed by atoms with Crippen LogP contribution in [0.5, 0.6) is 0 Å². The molecule has 0 fully saturated rings. The lowest BCUT2D eigenvalue weighted by atomic mass is 10.0. The smallest absolute Gasteiger partial charge is 0.322 e. The van der Waals surface area contributed by atoms with Crippen molar-refractivity contribution in [3.8, 4) is 0 Å². The predicted octanol–water partition coefficient (Wildman–Crippen LogP) is -1.18. The monoisotopic (exact) mass is 408 g/mol. The van der Waals surface area contributed by atoms with E-state index in [1.54, 1.807) is 13.8 Å². The van der Waals surface area contributed by atoms with Gasteiger partial charge in [-0.2, -0.15) is 24.4 Å². The van der Waals surface area contributed by atoms with Crippen LogP contribution in [0.4, 0.5) is 0 Å². The molecule has 3 amide bonds. The second kappa shape index (κ2) is 12.8. The average Bonchev–Trinajstić information content (AvgIpc) is 2.59. The summed E-state index contributed by atoms with van der Waals surface area (Å²) in [6.07, 6.45) is 2.18. The SMILES string of the molecule is CSCCC(NC(=O)C(NC(=O)C(N)CS)C(C)C)C(=O)NCC(=O)O. The Labute approximate surface area is 163 Å². The van der Waals surface area contributed by atoms with Crippen molar-refractivity contribution in [3.63, 3.8) is 0 Å². The molecule has 0 heterocycles. The predicted molar refractivity (Wildman–Crippen MR) is 104 cm³/mol. The molecule has 9 nitrogen and oxygen atoms in total. The Kier molecular flexibility index (Phi) is 12.1. The molecule has 150 valence electrons. The van der Waals surface area contributed by atoms with Gasteiger partial charge in [-0.1, -0.05) is 13.8 Å². The van der Waals surface area contributed by atoms with Crippen molar-refractivity contribution in [3.05, 3.63) is 0 Å². The Morgan fingerprint density at radius 1 is 1.12 bits per heavy atom. The zero-order chi connectivity index (χ0) is 20.3. The maximum Gasteiger partial charge on any atom is 0.322 e. The second-order valence-electron chi connectivity index (χ2n) is 5.97. The van der Waals surface area contributed by atoms with E-state index in [0.29, 0.717) is 12.2 Å². The Balaban J connectivity index is 5.05. The molecule has 0 aromatic rings. The van der Waals surface area contributed by atoms with E-state index in [1.165, 1.54) is 11.8 Å². The largest absolute Gasteiger partial charge is 0.480 e. The normalized spacial score (nSPS) is 14.2. The molecule has 3 unspecified atom stereocenters. The summed E-state index contributed by atoms with van der Waals surface area (Å²) >= 11 is 5.44. The third-order valence-corrected chi connectivity index (χ3v) is 4.48. The molecule has 3 atom stereocenters. The molecule has 0 aromatic carbocycles. The minimum atomic E-state index is -1.18. The standard InChI is InChI=1S/C15H28N4O5S2/c1-8(2)12(19-13(22)9(16)7-25)15(24)18-10(4-5-26-3)14(23)17-6-11(20)21/h8-10,12,25H,4-7,16H2,1-3H3,(H,17,23)(H,18,24)(H,19,22)(H,20,21). The third-order valence-electron chi connectivity index (χ3n) is 3.44. The number of nitrogens with one attached hydrogen (secondary N) is 3. The van der Waals surface area contributed by atoms with Crippen LogP contribution in [0.2, 0.25) is 0 Å². The summed E-state index contributed by atoms with van der Waals surface area (Å²) in [5, 5.41) is 16.1. The van der Waals surface area contributed by atoms with Crippen molar-refractivity contribution < 1.29 is 24.3 Å². The highest BCUT2D eigenvalue weighted by molar-refractivity contribution is 7.98. The summed E-state index contributed by atoms with van der Waals surface area (Å²) in [5.41, 5.74) is 5.61. The molecule has 0 aliphatic rings. The van der Waals surface area contributed by atoms with Gasteiger partial charge in [0.15, 0.2) is 0 Å². The van der Waals surface area contributed by atoms with Gasteiger partial charge >= 0.3 is 5.97 Å². The fourth-order valence-electron chi connectivity index (χ4n) is 1.93. The first-order valence-corrected chi connectivity index (χ1v) is 10.1. The highest BCUT2D eigenvalue weighted by atomic mass is 32.2. The van der Waals surface area contributed by atoms with Gasteiger partial charge < -0.3 is 26.8 Å². The van der Waals surface area contributed by atoms with Crippen LogP contribution >= 0.6 is 24.4 Å². The zero-order valence-electron chi connectivity index (χ0n) is 15.2. The third kappa shape index (κ3) is 9.30. The lowest BCUT2D eigenvalue weighted by Crippen LogP contribution is -2.57. The Bertz CT molecular complexity index is 504. The molecule has 0 radical (unpaired) electrons. The van der Waals surface area contributed by atoms with Gasteiger partial charge in [0.1, 0.15) is 18.6 Å². The summed E-state index contributed by atoms with van der Waals surface area (Å²) in [5.74, 6) is -2.33. The van der Waals surface area contributed by atoms with Crippen molar-refractivity contribution in [2.24, 2.45) is 11.7 Å². The van der Waals surface area contributed by atoms with E-state index in [1.807, 2.05) is 6.26 Å². The number of carboxylic acids is 1. The number of thioether (sulfide) groups is 1. The fourth-order valence-corrected chi connectivity index (χ4v) is 2.57. The Hall–Kier alpha value is -1.46. The Morgan fingerprint density at radius 3 is 2.19 bits per heavy atom. The van der Waals surface area contributed by atoms with Crippen LogP contribution in [0.15, 0.2) is 0 Å². The van der Waals surface area contributed by atoms with Gasteiger partial charge in [-0.25, -0.2) is 0 Å². The molecule has 0 spiro atoms. The molecular weight excluding hydrogens is 380 g/mol. The molecule has 6 N–H and O–H groups in total. The van der Waals surface area contributed by atoms with Gasteiger partial charge in [0.2, 0.25) is 17.7 Å². The van der Waals surface area contributed by atoms with E-state index < -0.39 is 48.4 Å². The molecule has 0 saturated carbocycles. The molecule has 0 aliphatic heterocycles. The summed E-state index contributed by atoms with van der Waals surface area (Å²) < 4.78 is 0. The molecule has 11 heteroatoms. The van der Waals surface area contributed by atoms with Crippen LogP contribution in [-0.4, -0.2) is 71.2 Å². The van der Waals surface area contributed by atoms with Crippen LogP contribution in [0.1, 0.15) is 20.3 Å². The van der Waals surface area contributed by atoms with E-state index in [2.05, 4.69) is 28.6 Å². The van der Waals surface area contributed by atoms with Gasteiger partial charge in [0.05, 0.1) is 6.04 Å². The van der Waals surface area contributed by atoms with Gasteiger partial charge in [0.25, 0.3) is 0 Å². The number of carbonyl (C=O) groups is 4. The molecule has 0 aliphatic carbocycles. The molecule has 0 aromatic heterocycles. The first-order valence-electron chi connectivity index (χ1n) is 8.09. The zero-order valence-corrected chi connectivity index (χ0v) is 16.9. The number of rotatable bonds is 12. The van der Waals surface area contributed by atoms with E-state index in [4.69, 9.17) is 10.8 Å². The summed E-state index contributed by atoms with van der Waals surface area (Å²) in [7, 11) is 0. The van der Waals surface area contributed by atoms with E-state index in [9.17, 15) is 19.2 Å². The topological polar surface area (TPSA) is 151 Å². The van der Waals surface area contributed by atoms with Crippen LogP contribution in [-0.2, 0) is 19.2 Å². The van der Waals surface area contributed by atoms with Gasteiger partial charge in [-0.05, 0) is 24.3 Å². The summed E-state index contributed by atoms with van der Waals surface area (Å²) in [4.78, 5) is 47.3. The quantitative estimate of drug-likeness (QED) is 0.223. The van der Waals surface area contributed by atoms with Crippen LogP contribution in [0, 0.1) is 5.92 Å². The number of aliphatic carboxylic acids is 1. The molecule has 0 bridgehead atoms. The lowest BCUT2D eigenvalue weighted by molar-refractivity contribution is -0.138. The molecule has 0 saturated heterocycles. The van der Waals surface area contributed by atoms with Gasteiger partial charge in [0, 0.05) is 5.75 Å². The number of hydrogen-bond acceptors (Lipinski definition) is 7. The van der Waals surface area contributed by atoms with Crippen molar-refractivity contribution >= 4 is 48.1 Å². The van der Waals surface area contributed by atoms with E-state index >= 15 is 0 Å². The molecular formula is C15H28N4O5S2. The maximum absolute atomic E-state index is 12.6. The minimum Gasteiger partial charge on any atom is -0.480 e. The Morgan fingerprint density at radius 2 is 1.73 bits per heavy atom. The highest BCUT2D eigenvalue weighted by Crippen LogP contribution is 2.06. The number of hydrogen-bond donors (Lipinski definition) is 6. The minimum absolute atomic E-state index is 0.131. The van der Waals surface area contributed by atoms with Gasteiger partial charge in [-0.3, -0.25) is 19.2 Å². The van der Waals surface area contributed by atoms with Crippen molar-refractivity contribution in [1.29, 1.82) is 0 Å². The highest BCUT2D eigenvalue weighted by Gasteiger charge is 2.29. The van der Waals surface area contributed by atoms with Crippen LogP contribution < -0.4 is 21.7 Å². The van der Waals surface area contributed by atoms with E-state index in [-0.39, 0.29) is 11.7 Å². The number of thiol groups is 1. The van der Waals surface area contributed by atoms with Crippen molar-refractivity contribution in [2.75, 3.05) is 24.3 Å². The van der Waals surface area contributed by atoms with Crippen LogP contribution in [0.25, 0.3) is 0 Å². The number of nitrogens with two attached hydrogens (primary N) is 1. The number of carbonyl (C=O) groups excluding carboxylic acids is 3. The van der Waals surface area contributed by atoms with Crippen LogP contribution in [0.3, 0.4) is 0 Å². The first-order chi connectivity index (χ1) is 12.1. The van der Waals surface area contributed by atoms with Crippen molar-refractivity contribution in [2.45, 2.75) is 38.4 Å². The van der Waals surface area contributed by atoms with E-state index in [0.717, 1.165) is 0 Å². The average molecular weight is 409 g/mol. The fraction of sp³-hybridized carbons (Fsp3) is 0.733. The first kappa shape index (κ1) is 24.5. The summed E-state index contributed by atoms with van der Waals surface area (Å²) in [6, 6.07) is -2.62. The number of amides is 3. The second-order valence-corrected chi connectivity index (χ2v) is 7.32. The molecule has 26 heavy (non-hydrogen) atoms.